The van der Waals surface area contributed by atoms with Crippen LogP contribution in [0.3, 0.4) is 0 Å². The molecule has 0 radical (unpaired) electrons. The van der Waals surface area contributed by atoms with Crippen molar-refractivity contribution in [2.45, 2.75) is 0 Å². The number of hydrazone groups is 1. The highest BCUT2D eigenvalue weighted by Crippen LogP contribution is 2.26. The first kappa shape index (κ1) is 16.6. The molecule has 3 nitrogen and oxygen atoms in total. The van der Waals surface area contributed by atoms with Gasteiger partial charge in [0.15, 0.2) is 5.11 Å². The second-order valence-electron chi connectivity index (χ2n) is 4.90. The van der Waals surface area contributed by atoms with Crippen LogP contribution < -0.4 is 10.7 Å². The SMILES string of the molecule is S=C(N/N=C/c1ccccc1-c1cccs1)Nc1ccc(Cl)cc1. The zero-order valence-electron chi connectivity index (χ0n) is 12.6. The van der Waals surface area contributed by atoms with Gasteiger partial charge in [-0.2, -0.15) is 5.10 Å². The number of nitrogens with one attached hydrogen (secondary N) is 2. The lowest BCUT2D eigenvalue weighted by Crippen LogP contribution is -2.23. The van der Waals surface area contributed by atoms with Gasteiger partial charge in [0.05, 0.1) is 6.21 Å². The molecule has 0 unspecified atom stereocenters. The molecule has 3 rings (SSSR count). The van der Waals surface area contributed by atoms with E-state index in [1.54, 1.807) is 29.7 Å². The molecular weight excluding hydrogens is 358 g/mol. The summed E-state index contributed by atoms with van der Waals surface area (Å²) in [7, 11) is 0. The highest BCUT2D eigenvalue weighted by molar-refractivity contribution is 7.80. The first-order valence-electron chi connectivity index (χ1n) is 7.21. The number of thiophene rings is 1. The number of nitrogens with zero attached hydrogens (tertiary/aromatic N) is 1. The van der Waals surface area contributed by atoms with Crippen LogP contribution in [-0.2, 0) is 0 Å². The maximum Gasteiger partial charge on any atom is 0.191 e. The van der Waals surface area contributed by atoms with Gasteiger partial charge in [0.25, 0.3) is 0 Å². The maximum absolute atomic E-state index is 5.86. The standard InChI is InChI=1S/C18H14ClN3S2/c19-14-7-9-15(10-8-14)21-18(23)22-20-12-13-4-1-2-5-16(13)17-6-3-11-24-17/h1-12H,(H2,21,22,23)/b20-12+. The van der Waals surface area contributed by atoms with Crippen molar-refractivity contribution in [1.82, 2.24) is 5.43 Å². The lowest BCUT2D eigenvalue weighted by atomic mass is 10.1. The summed E-state index contributed by atoms with van der Waals surface area (Å²) >= 11 is 12.8. The van der Waals surface area contributed by atoms with Gasteiger partial charge in [0.1, 0.15) is 0 Å². The number of benzene rings is 2. The molecule has 0 spiro atoms. The van der Waals surface area contributed by atoms with Gasteiger partial charge >= 0.3 is 0 Å². The van der Waals surface area contributed by atoms with Crippen LogP contribution in [0, 0.1) is 0 Å². The molecule has 3 aromatic rings. The van der Waals surface area contributed by atoms with Gasteiger partial charge in [-0.3, -0.25) is 5.43 Å². The Morgan fingerprint density at radius 2 is 1.83 bits per heavy atom. The summed E-state index contributed by atoms with van der Waals surface area (Å²) in [4.78, 5) is 1.21. The van der Waals surface area contributed by atoms with E-state index < -0.39 is 0 Å². The first-order valence-corrected chi connectivity index (χ1v) is 8.87. The number of hydrogen-bond acceptors (Lipinski definition) is 3. The highest BCUT2D eigenvalue weighted by Gasteiger charge is 2.03. The topological polar surface area (TPSA) is 36.4 Å². The Bertz CT molecular complexity index is 843. The minimum atomic E-state index is 0.419. The molecule has 0 aliphatic rings. The van der Waals surface area contributed by atoms with Crippen molar-refractivity contribution in [2.24, 2.45) is 5.10 Å². The fourth-order valence-electron chi connectivity index (χ4n) is 2.12. The molecule has 2 aromatic carbocycles. The van der Waals surface area contributed by atoms with Crippen LogP contribution >= 0.6 is 35.2 Å². The van der Waals surface area contributed by atoms with E-state index in [2.05, 4.69) is 33.4 Å². The first-order chi connectivity index (χ1) is 11.7. The summed E-state index contributed by atoms with van der Waals surface area (Å²) < 4.78 is 0. The van der Waals surface area contributed by atoms with Crippen molar-refractivity contribution >= 4 is 52.2 Å². The molecule has 0 saturated heterocycles. The molecule has 0 fully saturated rings. The van der Waals surface area contributed by atoms with Gasteiger partial charge in [-0.1, -0.05) is 41.9 Å². The molecule has 0 aliphatic heterocycles. The van der Waals surface area contributed by atoms with Gasteiger partial charge in [0.2, 0.25) is 0 Å². The molecule has 1 aromatic heterocycles. The van der Waals surface area contributed by atoms with Gasteiger partial charge < -0.3 is 5.32 Å². The highest BCUT2D eigenvalue weighted by atomic mass is 35.5. The molecular formula is C18H14ClN3S2. The Hall–Kier alpha value is -2.21. The summed E-state index contributed by atoms with van der Waals surface area (Å²) in [6.45, 7) is 0. The second-order valence-corrected chi connectivity index (χ2v) is 6.69. The molecule has 24 heavy (non-hydrogen) atoms. The Morgan fingerprint density at radius 1 is 1.04 bits per heavy atom. The van der Waals surface area contributed by atoms with Crippen molar-refractivity contribution in [2.75, 3.05) is 5.32 Å². The van der Waals surface area contributed by atoms with Crippen LogP contribution in [0.2, 0.25) is 5.02 Å². The van der Waals surface area contributed by atoms with E-state index >= 15 is 0 Å². The Balaban J connectivity index is 1.64. The monoisotopic (exact) mass is 371 g/mol. The molecule has 120 valence electrons. The molecule has 0 aliphatic carbocycles. The quantitative estimate of drug-likeness (QED) is 0.367. The third-order valence-corrected chi connectivity index (χ3v) is 4.57. The zero-order valence-corrected chi connectivity index (χ0v) is 15.0. The van der Waals surface area contributed by atoms with Gasteiger partial charge in [0, 0.05) is 26.7 Å². The van der Waals surface area contributed by atoms with Gasteiger partial charge in [-0.15, -0.1) is 11.3 Å². The van der Waals surface area contributed by atoms with E-state index in [0.717, 1.165) is 16.8 Å². The molecule has 2 N–H and O–H groups in total. The number of thiocarbonyl (C=S) groups is 1. The van der Waals surface area contributed by atoms with Crippen molar-refractivity contribution in [1.29, 1.82) is 0 Å². The van der Waals surface area contributed by atoms with Crippen molar-refractivity contribution in [3.05, 3.63) is 76.6 Å². The van der Waals surface area contributed by atoms with E-state index in [0.29, 0.717) is 10.1 Å². The lowest BCUT2D eigenvalue weighted by Gasteiger charge is -2.07. The largest absolute Gasteiger partial charge is 0.331 e. The van der Waals surface area contributed by atoms with Gasteiger partial charge in [-0.25, -0.2) is 0 Å². The Labute approximate surface area is 155 Å². The van der Waals surface area contributed by atoms with Crippen LogP contribution in [0.4, 0.5) is 5.69 Å². The molecule has 0 atom stereocenters. The summed E-state index contributed by atoms with van der Waals surface area (Å²) in [5, 5.41) is 10.4. The average Bonchev–Trinajstić information content (AvgIpc) is 3.12. The van der Waals surface area contributed by atoms with Crippen LogP contribution in [-0.4, -0.2) is 11.3 Å². The number of rotatable bonds is 4. The Morgan fingerprint density at radius 3 is 2.58 bits per heavy atom. The predicted molar refractivity (Wildman–Crippen MR) is 108 cm³/mol. The Kier molecular flexibility index (Phi) is 5.59. The molecule has 6 heteroatoms. The van der Waals surface area contributed by atoms with Crippen LogP contribution in [0.15, 0.2) is 71.1 Å². The normalized spacial score (nSPS) is 10.7. The summed E-state index contributed by atoms with van der Waals surface area (Å²) in [5.74, 6) is 0. The maximum atomic E-state index is 5.86. The lowest BCUT2D eigenvalue weighted by molar-refractivity contribution is 1.05. The van der Waals surface area contributed by atoms with E-state index in [1.165, 1.54) is 4.88 Å². The van der Waals surface area contributed by atoms with Crippen molar-refractivity contribution in [3.8, 4) is 10.4 Å². The van der Waals surface area contributed by atoms with Crippen LogP contribution in [0.25, 0.3) is 10.4 Å². The van der Waals surface area contributed by atoms with Crippen LogP contribution in [0.1, 0.15) is 5.56 Å². The molecule has 0 bridgehead atoms. The number of anilines is 1. The smallest absolute Gasteiger partial charge is 0.191 e. The van der Waals surface area contributed by atoms with E-state index in [4.69, 9.17) is 23.8 Å². The fraction of sp³-hybridized carbons (Fsp3) is 0. The van der Waals surface area contributed by atoms with E-state index in [9.17, 15) is 0 Å². The molecule has 1 heterocycles. The third kappa shape index (κ3) is 4.41. The minimum Gasteiger partial charge on any atom is -0.331 e. The molecule has 0 saturated carbocycles. The van der Waals surface area contributed by atoms with E-state index in [1.807, 2.05) is 36.4 Å². The van der Waals surface area contributed by atoms with Crippen molar-refractivity contribution < 1.29 is 0 Å². The van der Waals surface area contributed by atoms with Crippen molar-refractivity contribution in [3.63, 3.8) is 0 Å². The number of hydrogen-bond donors (Lipinski definition) is 2. The fourth-order valence-corrected chi connectivity index (χ4v) is 3.19. The van der Waals surface area contributed by atoms with E-state index in [-0.39, 0.29) is 0 Å². The summed E-state index contributed by atoms with van der Waals surface area (Å²) in [6, 6.07) is 19.6. The third-order valence-electron chi connectivity index (χ3n) is 3.22. The predicted octanol–water partition coefficient (Wildman–Crippen LogP) is 5.39. The number of halogens is 1. The average molecular weight is 372 g/mol. The molecule has 0 amide bonds. The van der Waals surface area contributed by atoms with Crippen LogP contribution in [0.5, 0.6) is 0 Å². The zero-order chi connectivity index (χ0) is 16.8. The minimum absolute atomic E-state index is 0.419. The second kappa shape index (κ2) is 8.06. The summed E-state index contributed by atoms with van der Waals surface area (Å²) in [6.07, 6.45) is 1.77. The van der Waals surface area contributed by atoms with Gasteiger partial charge in [-0.05, 0) is 47.9 Å². The summed E-state index contributed by atoms with van der Waals surface area (Å²) in [5.41, 5.74) is 5.86.